The minimum absolute atomic E-state index is 0.361. The Balaban J connectivity index is 2.13. The van der Waals surface area contributed by atoms with Crippen LogP contribution in [-0.2, 0) is 6.54 Å². The first kappa shape index (κ1) is 10.8. The molecule has 0 amide bonds. The second-order valence-electron chi connectivity index (χ2n) is 3.17. The van der Waals surface area contributed by atoms with E-state index < -0.39 is 11.1 Å². The van der Waals surface area contributed by atoms with E-state index in [-0.39, 0.29) is 0 Å². The Morgan fingerprint density at radius 1 is 1.47 bits per heavy atom. The average molecular weight is 245 g/mol. The number of aromatic nitrogens is 3. The second-order valence-corrected chi connectivity index (χ2v) is 6.09. The molecule has 5 nitrogen and oxygen atoms in total. The third kappa shape index (κ3) is 2.66. The maximum Gasteiger partial charge on any atom is 0.330 e. The summed E-state index contributed by atoms with van der Waals surface area (Å²) in [5.74, 6) is 2.26. The molecular weight excluding hydrogens is 234 g/mol. The molecule has 2 heterocycles. The van der Waals surface area contributed by atoms with Crippen LogP contribution in [0.15, 0.2) is 15.9 Å². The number of hydrogen-bond donors (Lipinski definition) is 1. The third-order valence-electron chi connectivity index (χ3n) is 2.06. The van der Waals surface area contributed by atoms with Gasteiger partial charge in [-0.25, -0.2) is 5.10 Å². The first-order chi connectivity index (χ1) is 7.27. The molecule has 0 radical (unpaired) electrons. The van der Waals surface area contributed by atoms with Gasteiger partial charge in [0.2, 0.25) is 0 Å². The first-order valence-electron chi connectivity index (χ1n) is 4.65. The smallest absolute Gasteiger partial charge is 0.291 e. The second kappa shape index (κ2) is 4.89. The Morgan fingerprint density at radius 2 is 2.20 bits per heavy atom. The number of rotatable bonds is 2. The van der Waals surface area contributed by atoms with Gasteiger partial charge in [0.15, 0.2) is 0 Å². The Hall–Kier alpha value is -0.690. The fourth-order valence-electron chi connectivity index (χ4n) is 1.32. The van der Waals surface area contributed by atoms with Crippen molar-refractivity contribution in [2.75, 3.05) is 11.5 Å². The van der Waals surface area contributed by atoms with Gasteiger partial charge in [-0.1, -0.05) is 0 Å². The van der Waals surface area contributed by atoms with Crippen LogP contribution in [0, 0.1) is 0 Å². The molecule has 2 rings (SSSR count). The number of thioether (sulfide) groups is 2. The summed E-state index contributed by atoms with van der Waals surface area (Å²) in [5, 5.41) is 5.74. The van der Waals surface area contributed by atoms with Crippen molar-refractivity contribution >= 4 is 23.5 Å². The summed E-state index contributed by atoms with van der Waals surface area (Å²) in [6.45, 7) is 0.561. The van der Waals surface area contributed by atoms with Gasteiger partial charge in [0, 0.05) is 6.54 Å². The zero-order valence-corrected chi connectivity index (χ0v) is 9.64. The van der Waals surface area contributed by atoms with Gasteiger partial charge in [0.05, 0.1) is 4.58 Å². The molecule has 0 atom stereocenters. The molecule has 0 saturated carbocycles. The Bertz CT molecular complexity index is 436. The molecule has 7 heteroatoms. The number of H-pyrrole nitrogens is 1. The largest absolute Gasteiger partial charge is 0.330 e. The van der Waals surface area contributed by atoms with E-state index in [1.807, 2.05) is 23.5 Å². The van der Waals surface area contributed by atoms with Crippen LogP contribution in [0.4, 0.5) is 0 Å². The van der Waals surface area contributed by atoms with Crippen molar-refractivity contribution in [1.29, 1.82) is 0 Å². The monoisotopic (exact) mass is 245 g/mol. The zero-order valence-electron chi connectivity index (χ0n) is 8.01. The highest BCUT2D eigenvalue weighted by Gasteiger charge is 2.15. The molecule has 82 valence electrons. The number of nitrogens with zero attached hydrogens (tertiary/aromatic N) is 2. The lowest BCUT2D eigenvalue weighted by molar-refractivity contribution is 0.661. The summed E-state index contributed by atoms with van der Waals surface area (Å²) in [7, 11) is 0. The molecule has 1 aliphatic rings. The molecule has 15 heavy (non-hydrogen) atoms. The summed E-state index contributed by atoms with van der Waals surface area (Å²) in [4.78, 5) is 22.4. The van der Waals surface area contributed by atoms with E-state index in [1.54, 1.807) is 0 Å². The predicted octanol–water partition coefficient (Wildman–Crippen LogP) is 0.128. The standard InChI is InChI=1S/C8H11N3O2S2/c12-7-8(13)11(5-9-10-7)4-6-14-2-1-3-15-6/h5-6H,1-4H2,(H,10,12). The highest BCUT2D eigenvalue weighted by molar-refractivity contribution is 8.17. The number of nitrogens with one attached hydrogen (secondary N) is 1. The lowest BCUT2D eigenvalue weighted by Gasteiger charge is -2.20. The molecule has 1 aliphatic heterocycles. The molecule has 0 aliphatic carbocycles. The Morgan fingerprint density at radius 3 is 2.93 bits per heavy atom. The van der Waals surface area contributed by atoms with Gasteiger partial charge in [-0.2, -0.15) is 5.10 Å². The maximum atomic E-state index is 11.4. The van der Waals surface area contributed by atoms with Crippen LogP contribution in [0.1, 0.15) is 6.42 Å². The van der Waals surface area contributed by atoms with E-state index in [0.29, 0.717) is 11.1 Å². The maximum absolute atomic E-state index is 11.4. The lowest BCUT2D eigenvalue weighted by Crippen LogP contribution is -2.38. The van der Waals surface area contributed by atoms with Crippen molar-refractivity contribution in [1.82, 2.24) is 14.8 Å². The molecule has 1 saturated heterocycles. The lowest BCUT2D eigenvalue weighted by atomic mass is 10.6. The van der Waals surface area contributed by atoms with Crippen LogP contribution in [0.2, 0.25) is 0 Å². The molecule has 1 aromatic heterocycles. The quantitative estimate of drug-likeness (QED) is 0.750. The topological polar surface area (TPSA) is 67.8 Å². The molecule has 1 N–H and O–H groups in total. The van der Waals surface area contributed by atoms with Crippen LogP contribution in [0.25, 0.3) is 0 Å². The molecule has 0 spiro atoms. The molecular formula is C8H11N3O2S2. The molecule has 0 aromatic carbocycles. The average Bonchev–Trinajstić information content (AvgIpc) is 2.26. The summed E-state index contributed by atoms with van der Waals surface area (Å²) < 4.78 is 1.74. The fraction of sp³-hybridized carbons (Fsp3) is 0.625. The minimum Gasteiger partial charge on any atom is -0.291 e. The van der Waals surface area contributed by atoms with Crippen molar-refractivity contribution in [2.24, 2.45) is 0 Å². The minimum atomic E-state index is -0.650. The van der Waals surface area contributed by atoms with Gasteiger partial charge in [0.1, 0.15) is 6.33 Å². The normalized spacial score (nSPS) is 17.9. The third-order valence-corrected chi connectivity index (χ3v) is 4.97. The zero-order chi connectivity index (χ0) is 10.7. The van der Waals surface area contributed by atoms with Crippen molar-refractivity contribution in [3.63, 3.8) is 0 Å². The van der Waals surface area contributed by atoms with E-state index >= 15 is 0 Å². The van der Waals surface area contributed by atoms with Crippen LogP contribution >= 0.6 is 23.5 Å². The van der Waals surface area contributed by atoms with Crippen molar-refractivity contribution in [3.8, 4) is 0 Å². The van der Waals surface area contributed by atoms with Crippen LogP contribution < -0.4 is 11.1 Å². The van der Waals surface area contributed by atoms with Gasteiger partial charge < -0.3 is 0 Å². The van der Waals surface area contributed by atoms with Crippen molar-refractivity contribution in [3.05, 3.63) is 27.0 Å². The molecule has 0 bridgehead atoms. The fourth-order valence-corrected chi connectivity index (χ4v) is 4.15. The van der Waals surface area contributed by atoms with Gasteiger partial charge >= 0.3 is 11.1 Å². The van der Waals surface area contributed by atoms with Gasteiger partial charge in [-0.3, -0.25) is 14.2 Å². The van der Waals surface area contributed by atoms with E-state index in [1.165, 1.54) is 17.3 Å². The number of aromatic amines is 1. The molecule has 1 fully saturated rings. The van der Waals surface area contributed by atoms with Gasteiger partial charge in [0.25, 0.3) is 0 Å². The van der Waals surface area contributed by atoms with E-state index in [2.05, 4.69) is 10.2 Å². The predicted molar refractivity (Wildman–Crippen MR) is 62.4 cm³/mol. The van der Waals surface area contributed by atoms with Gasteiger partial charge in [-0.15, -0.1) is 23.5 Å². The first-order valence-corrected chi connectivity index (χ1v) is 6.74. The summed E-state index contributed by atoms with van der Waals surface area (Å²) in [6, 6.07) is 0. The SMILES string of the molecule is O=c1[nH]ncn(CC2SCCCS2)c1=O. The highest BCUT2D eigenvalue weighted by atomic mass is 32.2. The molecule has 1 aromatic rings. The van der Waals surface area contributed by atoms with E-state index in [9.17, 15) is 9.59 Å². The van der Waals surface area contributed by atoms with Gasteiger partial charge in [-0.05, 0) is 17.9 Å². The number of hydrogen-bond acceptors (Lipinski definition) is 5. The molecule has 0 unspecified atom stereocenters. The van der Waals surface area contributed by atoms with E-state index in [4.69, 9.17) is 0 Å². The van der Waals surface area contributed by atoms with Crippen LogP contribution in [0.3, 0.4) is 0 Å². The van der Waals surface area contributed by atoms with Crippen molar-refractivity contribution in [2.45, 2.75) is 17.5 Å². The van der Waals surface area contributed by atoms with E-state index in [0.717, 1.165) is 11.5 Å². The Labute approximate surface area is 94.7 Å². The van der Waals surface area contributed by atoms with Crippen molar-refractivity contribution < 1.29 is 0 Å². The summed E-state index contributed by atoms with van der Waals surface area (Å²) in [5.41, 5.74) is -1.17. The van der Waals surface area contributed by atoms with Crippen LogP contribution in [0.5, 0.6) is 0 Å². The van der Waals surface area contributed by atoms with Crippen LogP contribution in [-0.4, -0.2) is 30.9 Å². The summed E-state index contributed by atoms with van der Waals surface area (Å²) in [6.07, 6.45) is 2.60. The highest BCUT2D eigenvalue weighted by Crippen LogP contribution is 2.31. The Kier molecular flexibility index (Phi) is 3.53. The summed E-state index contributed by atoms with van der Waals surface area (Å²) >= 11 is 3.67.